The monoisotopic (exact) mass is 540 g/mol. The quantitative estimate of drug-likeness (QED) is 0.386. The van der Waals surface area contributed by atoms with Crippen molar-refractivity contribution in [2.24, 2.45) is 0 Å². The van der Waals surface area contributed by atoms with Crippen molar-refractivity contribution in [2.75, 3.05) is 31.6 Å². The third-order valence-electron chi connectivity index (χ3n) is 7.32. The molecule has 0 aliphatic carbocycles. The van der Waals surface area contributed by atoms with E-state index in [0.29, 0.717) is 25.4 Å². The van der Waals surface area contributed by atoms with Crippen LogP contribution in [0.5, 0.6) is 0 Å². The molecule has 1 aromatic carbocycles. The van der Waals surface area contributed by atoms with Crippen LogP contribution in [0.25, 0.3) is 21.3 Å². The van der Waals surface area contributed by atoms with Gasteiger partial charge in [0, 0.05) is 64.9 Å². The average Bonchev–Trinajstić information content (AvgIpc) is 3.58. The van der Waals surface area contributed by atoms with Gasteiger partial charge in [0.25, 0.3) is 6.47 Å². The van der Waals surface area contributed by atoms with E-state index in [1.54, 1.807) is 11.3 Å². The van der Waals surface area contributed by atoms with Gasteiger partial charge >= 0.3 is 0 Å². The second kappa shape index (κ2) is 10.8. The second-order valence-electron chi connectivity index (χ2n) is 9.73. The molecule has 8 nitrogen and oxygen atoms in total. The molecule has 3 aromatic rings. The predicted molar refractivity (Wildman–Crippen MR) is 145 cm³/mol. The highest BCUT2D eigenvalue weighted by molar-refractivity contribution is 7.19. The summed E-state index contributed by atoms with van der Waals surface area (Å²) in [5, 5.41) is 7.65. The molecule has 2 aromatic heterocycles. The van der Waals surface area contributed by atoms with Crippen LogP contribution in [0, 0.1) is 0 Å². The minimum atomic E-state index is -0.250. The maximum absolute atomic E-state index is 12.1. The molecule has 6 rings (SSSR count). The first-order valence-corrected chi connectivity index (χ1v) is 13.7. The average molecular weight is 541 g/mol. The number of anilines is 1. The van der Waals surface area contributed by atoms with E-state index in [1.165, 1.54) is 22.6 Å². The molecule has 10 heteroatoms. The molecule has 0 radical (unpaired) electrons. The third kappa shape index (κ3) is 5.08. The van der Waals surface area contributed by atoms with Gasteiger partial charge in [-0.2, -0.15) is 0 Å². The fraction of sp³-hybridized carbons (Fsp3) is 0.407. The van der Waals surface area contributed by atoms with Gasteiger partial charge < -0.3 is 14.9 Å². The van der Waals surface area contributed by atoms with Crippen LogP contribution in [0.2, 0.25) is 5.02 Å². The number of fused-ring (bicyclic) bond motifs is 2. The lowest BCUT2D eigenvalue weighted by Gasteiger charge is -2.38. The number of pyridine rings is 1. The lowest BCUT2D eigenvalue weighted by molar-refractivity contribution is -0.139. The van der Waals surface area contributed by atoms with Crippen LogP contribution in [0.4, 0.5) is 5.69 Å². The maximum atomic E-state index is 12.1. The third-order valence-corrected chi connectivity index (χ3v) is 8.68. The Kier molecular flexibility index (Phi) is 7.46. The fourth-order valence-corrected chi connectivity index (χ4v) is 7.08. The van der Waals surface area contributed by atoms with Crippen molar-refractivity contribution in [1.29, 1.82) is 0 Å². The molecule has 5 heterocycles. The number of thiophene rings is 1. The van der Waals surface area contributed by atoms with Gasteiger partial charge in [0.1, 0.15) is 0 Å². The number of imide groups is 1. The van der Waals surface area contributed by atoms with Gasteiger partial charge in [-0.3, -0.25) is 24.3 Å². The first-order valence-electron chi connectivity index (χ1n) is 12.5. The molecule has 2 saturated heterocycles. The van der Waals surface area contributed by atoms with Gasteiger partial charge in [-0.1, -0.05) is 11.6 Å². The number of carboxylic acid groups (broad SMARTS) is 1. The van der Waals surface area contributed by atoms with E-state index < -0.39 is 0 Å². The topological polar surface area (TPSA) is 94.0 Å². The highest BCUT2D eigenvalue weighted by atomic mass is 35.5. The number of hydrogen-bond acceptors (Lipinski definition) is 7. The molecular weight excluding hydrogens is 512 g/mol. The van der Waals surface area contributed by atoms with E-state index in [0.717, 1.165) is 63.7 Å². The first-order chi connectivity index (χ1) is 17.9. The van der Waals surface area contributed by atoms with E-state index >= 15 is 0 Å². The Morgan fingerprint density at radius 1 is 1.14 bits per heavy atom. The van der Waals surface area contributed by atoms with Crippen molar-refractivity contribution in [3.63, 3.8) is 0 Å². The van der Waals surface area contributed by atoms with E-state index in [2.05, 4.69) is 40.0 Å². The Morgan fingerprint density at radius 3 is 2.59 bits per heavy atom. The standard InChI is InChI=1S/C26H27ClN4O2S.CH2O2/c1-29-10-7-18(14-29)30-9-2-3-16-11-17(27)12-21(25(16)30)20-6-8-28-22-13-19(34-26(20)22)15-31-23(32)4-5-24(31)33;2-1-3/h6,8,11-13,18H,2-5,7,9-10,14-15H2,1H3;1H,(H,2,3)/t18-;/m0./s1. The van der Waals surface area contributed by atoms with E-state index in [4.69, 9.17) is 21.5 Å². The first kappa shape index (κ1) is 25.6. The van der Waals surface area contributed by atoms with Crippen molar-refractivity contribution in [2.45, 2.75) is 44.7 Å². The van der Waals surface area contributed by atoms with Crippen LogP contribution in [-0.2, 0) is 27.3 Å². The molecule has 0 spiro atoms. The highest BCUT2D eigenvalue weighted by Crippen LogP contribution is 2.45. The molecule has 2 amide bonds. The smallest absolute Gasteiger partial charge is 0.290 e. The number of carbonyl (C=O) groups is 3. The van der Waals surface area contributed by atoms with Crippen molar-refractivity contribution >= 4 is 57.1 Å². The van der Waals surface area contributed by atoms with Crippen LogP contribution in [0.15, 0.2) is 30.5 Å². The predicted octanol–water partition coefficient (Wildman–Crippen LogP) is 4.42. The molecule has 37 heavy (non-hydrogen) atoms. The summed E-state index contributed by atoms with van der Waals surface area (Å²) in [6.07, 6.45) is 5.82. The number of aromatic nitrogens is 1. The highest BCUT2D eigenvalue weighted by Gasteiger charge is 2.32. The second-order valence-corrected chi connectivity index (χ2v) is 11.3. The summed E-state index contributed by atoms with van der Waals surface area (Å²) in [5.74, 6) is -0.173. The number of halogens is 1. The Labute approximate surface area is 224 Å². The Balaban J connectivity index is 0.000000892. The van der Waals surface area contributed by atoms with Gasteiger partial charge in [0.15, 0.2) is 0 Å². The molecule has 2 fully saturated rings. The molecule has 3 aliphatic rings. The number of nitrogens with zero attached hydrogens (tertiary/aromatic N) is 4. The van der Waals surface area contributed by atoms with E-state index in [-0.39, 0.29) is 18.3 Å². The van der Waals surface area contributed by atoms with Crippen LogP contribution < -0.4 is 4.90 Å². The molecule has 0 saturated carbocycles. The number of rotatable bonds is 4. The van der Waals surface area contributed by atoms with Crippen LogP contribution in [0.1, 0.15) is 36.1 Å². The Morgan fingerprint density at radius 2 is 1.89 bits per heavy atom. The minimum absolute atomic E-state index is 0.0864. The fourth-order valence-electron chi connectivity index (χ4n) is 5.71. The lowest BCUT2D eigenvalue weighted by Crippen LogP contribution is -2.41. The summed E-state index contributed by atoms with van der Waals surface area (Å²) in [4.78, 5) is 44.6. The summed E-state index contributed by atoms with van der Waals surface area (Å²) < 4.78 is 1.08. The molecule has 1 atom stereocenters. The molecule has 194 valence electrons. The maximum Gasteiger partial charge on any atom is 0.290 e. The van der Waals surface area contributed by atoms with Crippen molar-refractivity contribution in [1.82, 2.24) is 14.8 Å². The molecular formula is C27H29ClN4O4S. The lowest BCUT2D eigenvalue weighted by atomic mass is 9.92. The zero-order valence-corrected chi connectivity index (χ0v) is 22.2. The summed E-state index contributed by atoms with van der Waals surface area (Å²) in [6.45, 7) is 3.34. The minimum Gasteiger partial charge on any atom is -0.483 e. The SMILES string of the molecule is CN1CC[C@H](N2CCCc3cc(Cl)cc(-c4ccnc5cc(CN6C(=O)CCC6=O)sc45)c32)C1.O=CO. The summed E-state index contributed by atoms with van der Waals surface area (Å²) >= 11 is 8.27. The summed E-state index contributed by atoms with van der Waals surface area (Å²) in [6, 6.07) is 8.83. The number of amides is 2. The normalized spacial score (nSPS) is 19.8. The zero-order chi connectivity index (χ0) is 26.1. The van der Waals surface area contributed by atoms with Gasteiger partial charge in [-0.05, 0) is 62.7 Å². The summed E-state index contributed by atoms with van der Waals surface area (Å²) in [5.41, 5.74) is 5.80. The number of carbonyl (C=O) groups excluding carboxylic acids is 2. The summed E-state index contributed by atoms with van der Waals surface area (Å²) in [7, 11) is 2.20. The van der Waals surface area contributed by atoms with E-state index in [9.17, 15) is 9.59 Å². The molecule has 0 bridgehead atoms. The number of benzene rings is 1. The van der Waals surface area contributed by atoms with Crippen LogP contribution in [-0.4, -0.2) is 70.9 Å². The molecule has 1 N–H and O–H groups in total. The van der Waals surface area contributed by atoms with Crippen LogP contribution in [0.3, 0.4) is 0 Å². The Hall–Kier alpha value is -3.01. The van der Waals surface area contributed by atoms with Gasteiger partial charge in [0.2, 0.25) is 11.8 Å². The van der Waals surface area contributed by atoms with Gasteiger partial charge in [0.05, 0.1) is 16.8 Å². The number of hydrogen-bond donors (Lipinski definition) is 1. The van der Waals surface area contributed by atoms with Crippen molar-refractivity contribution < 1.29 is 19.5 Å². The number of likely N-dealkylation sites (tertiary alicyclic amines) is 2. The Bertz CT molecular complexity index is 1340. The molecule has 0 unspecified atom stereocenters. The van der Waals surface area contributed by atoms with Gasteiger partial charge in [-0.15, -0.1) is 11.3 Å². The van der Waals surface area contributed by atoms with Crippen molar-refractivity contribution in [3.05, 3.63) is 45.9 Å². The number of aryl methyl sites for hydroxylation is 1. The number of likely N-dealkylation sites (N-methyl/N-ethyl adjacent to an activating group) is 1. The van der Waals surface area contributed by atoms with Crippen LogP contribution >= 0.6 is 22.9 Å². The van der Waals surface area contributed by atoms with Crippen molar-refractivity contribution in [3.8, 4) is 11.1 Å². The van der Waals surface area contributed by atoms with Gasteiger partial charge in [-0.25, -0.2) is 0 Å². The zero-order valence-electron chi connectivity index (χ0n) is 20.7. The van der Waals surface area contributed by atoms with E-state index in [1.807, 2.05) is 12.3 Å². The largest absolute Gasteiger partial charge is 0.483 e. The molecule has 3 aliphatic heterocycles.